The van der Waals surface area contributed by atoms with Crippen molar-refractivity contribution in [1.82, 2.24) is 10.6 Å². The lowest BCUT2D eigenvalue weighted by atomic mass is 10.2. The molecule has 3 heteroatoms. The van der Waals surface area contributed by atoms with Crippen molar-refractivity contribution in [1.29, 1.82) is 0 Å². The Morgan fingerprint density at radius 1 is 1.58 bits per heavy atom. The monoisotopic (exact) mass is 170 g/mol. The molecule has 1 aliphatic carbocycles. The maximum atomic E-state index is 5.20. The summed E-state index contributed by atoms with van der Waals surface area (Å²) in [5.74, 6) is 0. The molecular weight excluding hydrogens is 152 g/mol. The van der Waals surface area contributed by atoms with Gasteiger partial charge in [-0.25, -0.2) is 0 Å². The van der Waals surface area contributed by atoms with Gasteiger partial charge < -0.3 is 15.4 Å². The van der Waals surface area contributed by atoms with Crippen LogP contribution in [0.15, 0.2) is 0 Å². The minimum Gasteiger partial charge on any atom is -0.383 e. The predicted molar refractivity (Wildman–Crippen MR) is 48.3 cm³/mol. The maximum absolute atomic E-state index is 5.20. The molecule has 2 N–H and O–H groups in total. The van der Waals surface area contributed by atoms with Crippen LogP contribution >= 0.6 is 0 Å². The van der Waals surface area contributed by atoms with Crippen LogP contribution in [-0.4, -0.2) is 38.4 Å². The van der Waals surface area contributed by atoms with Crippen molar-refractivity contribution >= 4 is 0 Å². The molecule has 3 nitrogen and oxygen atoms in total. The summed E-state index contributed by atoms with van der Waals surface area (Å²) in [7, 11) is 1.79. The second-order valence-electron chi connectivity index (χ2n) is 4.05. The number of ether oxygens (including phenoxy) is 1. The first-order chi connectivity index (χ1) is 5.85. The summed E-state index contributed by atoms with van der Waals surface area (Å²) in [6.45, 7) is 3.18. The molecular formula is C9H18N2O. The van der Waals surface area contributed by atoms with Crippen LogP contribution in [0, 0.1) is 0 Å². The zero-order valence-corrected chi connectivity index (χ0v) is 7.73. The van der Waals surface area contributed by atoms with Gasteiger partial charge in [-0.1, -0.05) is 0 Å². The van der Waals surface area contributed by atoms with Crippen molar-refractivity contribution in [2.75, 3.05) is 26.8 Å². The lowest BCUT2D eigenvalue weighted by Crippen LogP contribution is -2.44. The summed E-state index contributed by atoms with van der Waals surface area (Å²) in [6, 6.07) is 0.683. The molecule has 1 unspecified atom stereocenters. The minimum atomic E-state index is 0.353. The molecule has 0 aromatic rings. The summed E-state index contributed by atoms with van der Waals surface area (Å²) in [6.07, 6.45) is 3.85. The largest absolute Gasteiger partial charge is 0.383 e. The van der Waals surface area contributed by atoms with Crippen LogP contribution in [0.1, 0.15) is 19.3 Å². The molecule has 1 heterocycles. The van der Waals surface area contributed by atoms with Crippen LogP contribution in [0.2, 0.25) is 0 Å². The average Bonchev–Trinajstić information content (AvgIpc) is 2.63. The molecule has 0 aromatic carbocycles. The van der Waals surface area contributed by atoms with Crippen LogP contribution in [0.4, 0.5) is 0 Å². The van der Waals surface area contributed by atoms with E-state index in [-0.39, 0.29) is 0 Å². The van der Waals surface area contributed by atoms with Crippen LogP contribution in [0.5, 0.6) is 0 Å². The molecule has 70 valence electrons. The van der Waals surface area contributed by atoms with E-state index < -0.39 is 0 Å². The Morgan fingerprint density at radius 3 is 2.92 bits per heavy atom. The summed E-state index contributed by atoms with van der Waals surface area (Å²) in [5.41, 5.74) is 0.353. The van der Waals surface area contributed by atoms with Crippen LogP contribution < -0.4 is 10.6 Å². The van der Waals surface area contributed by atoms with E-state index in [1.165, 1.54) is 25.8 Å². The molecule has 2 aliphatic rings. The van der Waals surface area contributed by atoms with Crippen LogP contribution in [0.25, 0.3) is 0 Å². The summed E-state index contributed by atoms with van der Waals surface area (Å²) in [4.78, 5) is 0. The Morgan fingerprint density at radius 2 is 2.42 bits per heavy atom. The van der Waals surface area contributed by atoms with Crippen molar-refractivity contribution in [3.05, 3.63) is 0 Å². The van der Waals surface area contributed by atoms with E-state index in [2.05, 4.69) is 10.6 Å². The van der Waals surface area contributed by atoms with E-state index in [9.17, 15) is 0 Å². The zero-order valence-electron chi connectivity index (χ0n) is 7.73. The summed E-state index contributed by atoms with van der Waals surface area (Å²) in [5, 5.41) is 7.04. The SMILES string of the molecule is COCC1(NC2CCNC2)CC1. The third-order valence-electron chi connectivity index (χ3n) is 2.84. The Balaban J connectivity index is 1.77. The van der Waals surface area contributed by atoms with Crippen molar-refractivity contribution in [2.45, 2.75) is 30.8 Å². The van der Waals surface area contributed by atoms with Gasteiger partial charge >= 0.3 is 0 Å². The lowest BCUT2D eigenvalue weighted by Gasteiger charge is -2.20. The van der Waals surface area contributed by atoms with Crippen molar-refractivity contribution < 1.29 is 4.74 Å². The van der Waals surface area contributed by atoms with Gasteiger partial charge in [-0.3, -0.25) is 0 Å². The molecule has 0 bridgehead atoms. The molecule has 0 radical (unpaired) electrons. The number of nitrogens with one attached hydrogen (secondary N) is 2. The molecule has 0 aromatic heterocycles. The predicted octanol–water partition coefficient (Wildman–Crippen LogP) is 0.117. The molecule has 12 heavy (non-hydrogen) atoms. The fourth-order valence-corrected chi connectivity index (χ4v) is 1.97. The van der Waals surface area contributed by atoms with Crippen molar-refractivity contribution in [2.24, 2.45) is 0 Å². The number of hydrogen-bond donors (Lipinski definition) is 2. The minimum absolute atomic E-state index is 0.353. The highest BCUT2D eigenvalue weighted by Gasteiger charge is 2.44. The Bertz CT molecular complexity index is 151. The van der Waals surface area contributed by atoms with E-state index in [1.807, 2.05) is 0 Å². The molecule has 1 saturated carbocycles. The highest BCUT2D eigenvalue weighted by molar-refractivity contribution is 5.04. The van der Waals surface area contributed by atoms with Crippen LogP contribution in [-0.2, 0) is 4.74 Å². The van der Waals surface area contributed by atoms with Gasteiger partial charge in [0.25, 0.3) is 0 Å². The summed E-state index contributed by atoms with van der Waals surface area (Å²) >= 11 is 0. The van der Waals surface area contributed by atoms with Gasteiger partial charge in [0.2, 0.25) is 0 Å². The molecule has 1 atom stereocenters. The second kappa shape index (κ2) is 3.32. The van der Waals surface area contributed by atoms with E-state index >= 15 is 0 Å². The Labute approximate surface area is 73.9 Å². The molecule has 1 aliphatic heterocycles. The van der Waals surface area contributed by atoms with E-state index in [1.54, 1.807) is 7.11 Å². The third kappa shape index (κ3) is 1.79. The first-order valence-corrected chi connectivity index (χ1v) is 4.82. The first kappa shape index (κ1) is 8.48. The van der Waals surface area contributed by atoms with Crippen molar-refractivity contribution in [3.63, 3.8) is 0 Å². The number of methoxy groups -OCH3 is 1. The molecule has 0 amide bonds. The third-order valence-corrected chi connectivity index (χ3v) is 2.84. The van der Waals surface area contributed by atoms with E-state index in [0.29, 0.717) is 11.6 Å². The molecule has 2 fully saturated rings. The smallest absolute Gasteiger partial charge is 0.0644 e. The topological polar surface area (TPSA) is 33.3 Å². The van der Waals surface area contributed by atoms with Gasteiger partial charge in [-0.15, -0.1) is 0 Å². The molecule has 0 spiro atoms. The fraction of sp³-hybridized carbons (Fsp3) is 1.00. The highest BCUT2D eigenvalue weighted by atomic mass is 16.5. The zero-order chi connectivity index (χ0) is 8.44. The maximum Gasteiger partial charge on any atom is 0.0644 e. The Hall–Kier alpha value is -0.120. The summed E-state index contributed by atoms with van der Waals surface area (Å²) < 4.78 is 5.20. The first-order valence-electron chi connectivity index (χ1n) is 4.82. The second-order valence-corrected chi connectivity index (χ2v) is 4.05. The lowest BCUT2D eigenvalue weighted by molar-refractivity contribution is 0.152. The van der Waals surface area contributed by atoms with Crippen molar-refractivity contribution in [3.8, 4) is 0 Å². The van der Waals surface area contributed by atoms with Gasteiger partial charge in [-0.2, -0.15) is 0 Å². The Kier molecular flexibility index (Phi) is 2.35. The number of hydrogen-bond acceptors (Lipinski definition) is 3. The molecule has 1 saturated heterocycles. The van der Waals surface area contributed by atoms with Gasteiger partial charge in [0, 0.05) is 25.2 Å². The van der Waals surface area contributed by atoms with Gasteiger partial charge in [0.15, 0.2) is 0 Å². The number of rotatable bonds is 4. The quantitative estimate of drug-likeness (QED) is 0.628. The fourth-order valence-electron chi connectivity index (χ4n) is 1.97. The van der Waals surface area contributed by atoms with Gasteiger partial charge in [0.1, 0.15) is 0 Å². The van der Waals surface area contributed by atoms with E-state index in [4.69, 9.17) is 4.74 Å². The average molecular weight is 170 g/mol. The molecule has 2 rings (SSSR count). The highest BCUT2D eigenvalue weighted by Crippen LogP contribution is 2.36. The van der Waals surface area contributed by atoms with Crippen LogP contribution in [0.3, 0.4) is 0 Å². The standard InChI is InChI=1S/C9H18N2O/c1-12-7-9(3-4-9)11-8-2-5-10-6-8/h8,10-11H,2-7H2,1H3. The van der Waals surface area contributed by atoms with E-state index in [0.717, 1.165) is 13.2 Å². The normalized spacial score (nSPS) is 32.2. The van der Waals surface area contributed by atoms with Gasteiger partial charge in [-0.05, 0) is 25.8 Å². The van der Waals surface area contributed by atoms with Gasteiger partial charge in [0.05, 0.1) is 6.61 Å².